The fraction of sp³-hybridized carbons (Fsp3) is 0.125. The predicted octanol–water partition coefficient (Wildman–Crippen LogP) is 5.22. The zero-order valence-corrected chi connectivity index (χ0v) is 17.2. The molecule has 1 aromatic heterocycles. The number of fused-ring (bicyclic) bond motifs is 1. The summed E-state index contributed by atoms with van der Waals surface area (Å²) in [6.07, 6.45) is 0. The molecule has 1 heterocycles. The van der Waals surface area contributed by atoms with Gasteiger partial charge in [0.1, 0.15) is 0 Å². The Kier molecular flexibility index (Phi) is 5.82. The lowest BCUT2D eigenvalue weighted by atomic mass is 10.0. The molecular weight excluding hydrogens is 392 g/mol. The molecule has 1 atom stereocenters. The lowest BCUT2D eigenvalue weighted by molar-refractivity contribution is 0.0939. The van der Waals surface area contributed by atoms with Crippen LogP contribution in [0.5, 0.6) is 0 Å². The van der Waals surface area contributed by atoms with Crippen LogP contribution >= 0.6 is 11.8 Å². The van der Waals surface area contributed by atoms with E-state index in [9.17, 15) is 4.79 Å². The Labute approximate surface area is 179 Å². The molecule has 0 fully saturated rings. The van der Waals surface area contributed by atoms with E-state index in [1.807, 2.05) is 67.6 Å². The Bertz CT molecular complexity index is 1190. The minimum atomic E-state index is -0.165. The maximum absolute atomic E-state index is 12.9. The number of hydrogen-bond acceptors (Lipinski definition) is 4. The van der Waals surface area contributed by atoms with Crippen LogP contribution in [0.4, 0.5) is 0 Å². The Morgan fingerprint density at radius 2 is 1.83 bits per heavy atom. The number of carbonyl (C=O) groups is 1. The van der Waals surface area contributed by atoms with Crippen LogP contribution in [0.25, 0.3) is 11.0 Å². The second-order valence-corrected chi connectivity index (χ2v) is 7.90. The second-order valence-electron chi connectivity index (χ2n) is 6.93. The molecular formula is C24H20N4OS. The molecule has 1 amide bonds. The molecule has 0 radical (unpaired) electrons. The first-order valence-corrected chi connectivity index (χ1v) is 10.6. The molecule has 0 saturated carbocycles. The van der Waals surface area contributed by atoms with Crippen molar-refractivity contribution in [1.82, 2.24) is 15.3 Å². The third-order valence-corrected chi connectivity index (χ3v) is 5.80. The van der Waals surface area contributed by atoms with Crippen molar-refractivity contribution in [1.29, 1.82) is 5.26 Å². The number of nitrogens with one attached hydrogen (secondary N) is 2. The molecule has 6 heteroatoms. The zero-order valence-electron chi connectivity index (χ0n) is 16.4. The normalized spacial score (nSPS) is 11.7. The summed E-state index contributed by atoms with van der Waals surface area (Å²) in [6.45, 7) is 1.94. The molecule has 0 bridgehead atoms. The lowest BCUT2D eigenvalue weighted by Gasteiger charge is -2.16. The fourth-order valence-electron chi connectivity index (χ4n) is 3.22. The maximum Gasteiger partial charge on any atom is 0.252 e. The van der Waals surface area contributed by atoms with E-state index in [1.165, 1.54) is 0 Å². The van der Waals surface area contributed by atoms with Crippen molar-refractivity contribution >= 4 is 28.7 Å². The molecule has 0 saturated heterocycles. The summed E-state index contributed by atoms with van der Waals surface area (Å²) in [5.74, 6) is 0.516. The van der Waals surface area contributed by atoms with E-state index in [2.05, 4.69) is 21.4 Å². The molecule has 2 N–H and O–H groups in total. The Morgan fingerprint density at radius 3 is 2.60 bits per heavy atom. The van der Waals surface area contributed by atoms with Crippen LogP contribution in [0.15, 0.2) is 78.0 Å². The summed E-state index contributed by atoms with van der Waals surface area (Å²) in [6, 6.07) is 24.7. The van der Waals surface area contributed by atoms with Gasteiger partial charge in [-0.15, -0.1) is 0 Å². The van der Waals surface area contributed by atoms with Gasteiger partial charge in [-0.25, -0.2) is 4.98 Å². The number of carbonyl (C=O) groups excluding carboxylic acids is 1. The number of aromatic nitrogens is 2. The van der Waals surface area contributed by atoms with Crippen molar-refractivity contribution in [3.05, 3.63) is 95.1 Å². The molecule has 0 spiro atoms. The Morgan fingerprint density at radius 1 is 1.10 bits per heavy atom. The van der Waals surface area contributed by atoms with Crippen molar-refractivity contribution in [3.8, 4) is 6.07 Å². The maximum atomic E-state index is 12.9. The lowest BCUT2D eigenvalue weighted by Crippen LogP contribution is -2.27. The van der Waals surface area contributed by atoms with E-state index in [0.717, 1.165) is 27.3 Å². The summed E-state index contributed by atoms with van der Waals surface area (Å²) < 4.78 is 0. The number of H-pyrrole nitrogens is 1. The molecule has 4 aromatic rings. The summed E-state index contributed by atoms with van der Waals surface area (Å²) in [7, 11) is 0. The van der Waals surface area contributed by atoms with Gasteiger partial charge >= 0.3 is 0 Å². The van der Waals surface area contributed by atoms with E-state index >= 15 is 0 Å². The van der Waals surface area contributed by atoms with Gasteiger partial charge < -0.3 is 10.3 Å². The van der Waals surface area contributed by atoms with Crippen LogP contribution in [-0.2, 0) is 5.75 Å². The first-order valence-electron chi connectivity index (χ1n) is 9.60. The van der Waals surface area contributed by atoms with Gasteiger partial charge in [0.2, 0.25) is 0 Å². The van der Waals surface area contributed by atoms with Crippen molar-refractivity contribution in [3.63, 3.8) is 0 Å². The Hall–Kier alpha value is -3.56. The number of benzene rings is 3. The zero-order chi connectivity index (χ0) is 20.9. The van der Waals surface area contributed by atoms with Gasteiger partial charge in [-0.1, -0.05) is 54.2 Å². The van der Waals surface area contributed by atoms with Crippen LogP contribution in [0.3, 0.4) is 0 Å². The van der Waals surface area contributed by atoms with Gasteiger partial charge in [-0.2, -0.15) is 5.26 Å². The van der Waals surface area contributed by atoms with Crippen molar-refractivity contribution in [2.75, 3.05) is 0 Å². The summed E-state index contributed by atoms with van der Waals surface area (Å²) in [5, 5.41) is 12.8. The topological polar surface area (TPSA) is 81.6 Å². The molecule has 0 aliphatic rings. The van der Waals surface area contributed by atoms with E-state index in [4.69, 9.17) is 5.26 Å². The molecule has 30 heavy (non-hydrogen) atoms. The monoisotopic (exact) mass is 412 g/mol. The number of nitrogens with zero attached hydrogens (tertiary/aromatic N) is 2. The number of hydrogen-bond donors (Lipinski definition) is 2. The quantitative estimate of drug-likeness (QED) is 0.426. The SMILES string of the molecule is CC(NC(=O)c1ccccc1CSc1nc2ccccc2[nH]1)c1ccc(C#N)cc1. The molecule has 0 aliphatic heterocycles. The molecule has 3 aromatic carbocycles. The standard InChI is InChI=1S/C24H20N4OS/c1-16(18-12-10-17(14-25)11-13-18)26-23(29)20-7-3-2-6-19(20)15-30-24-27-21-8-4-5-9-22(21)28-24/h2-13,16H,15H2,1H3,(H,26,29)(H,27,28). The average Bonchev–Trinajstić information content (AvgIpc) is 3.21. The van der Waals surface area contributed by atoms with E-state index in [1.54, 1.807) is 23.9 Å². The minimum Gasteiger partial charge on any atom is -0.346 e. The van der Waals surface area contributed by atoms with Crippen molar-refractivity contribution in [2.24, 2.45) is 0 Å². The number of thioether (sulfide) groups is 1. The van der Waals surface area contributed by atoms with Gasteiger partial charge in [-0.3, -0.25) is 4.79 Å². The number of amides is 1. The molecule has 1 unspecified atom stereocenters. The van der Waals surface area contributed by atoms with Gasteiger partial charge in [0.15, 0.2) is 5.16 Å². The molecule has 0 aliphatic carbocycles. The highest BCUT2D eigenvalue weighted by molar-refractivity contribution is 7.98. The molecule has 5 nitrogen and oxygen atoms in total. The molecule has 148 valence electrons. The van der Waals surface area contributed by atoms with Crippen LogP contribution < -0.4 is 5.32 Å². The van der Waals surface area contributed by atoms with Crippen LogP contribution in [0.1, 0.15) is 40.0 Å². The summed E-state index contributed by atoms with van der Waals surface area (Å²) >= 11 is 1.57. The minimum absolute atomic E-state index is 0.118. The summed E-state index contributed by atoms with van der Waals surface area (Å²) in [5.41, 5.74) is 5.10. The van der Waals surface area contributed by atoms with Crippen LogP contribution in [-0.4, -0.2) is 15.9 Å². The number of imidazole rings is 1. The van der Waals surface area contributed by atoms with Crippen LogP contribution in [0.2, 0.25) is 0 Å². The van der Waals surface area contributed by atoms with Gasteiger partial charge in [0.25, 0.3) is 5.91 Å². The van der Waals surface area contributed by atoms with E-state index in [0.29, 0.717) is 16.9 Å². The highest BCUT2D eigenvalue weighted by Crippen LogP contribution is 2.25. The van der Waals surface area contributed by atoms with Crippen LogP contribution in [0, 0.1) is 11.3 Å². The fourth-order valence-corrected chi connectivity index (χ4v) is 4.10. The number of rotatable bonds is 6. The number of aromatic amines is 1. The van der Waals surface area contributed by atoms with Crippen molar-refractivity contribution < 1.29 is 4.79 Å². The number of para-hydroxylation sites is 2. The first kappa shape index (κ1) is 19.7. The predicted molar refractivity (Wildman–Crippen MR) is 119 cm³/mol. The van der Waals surface area contributed by atoms with Crippen molar-refractivity contribution in [2.45, 2.75) is 23.9 Å². The van der Waals surface area contributed by atoms with Gasteiger partial charge in [-0.05, 0) is 48.4 Å². The average molecular weight is 413 g/mol. The highest BCUT2D eigenvalue weighted by atomic mass is 32.2. The second kappa shape index (κ2) is 8.85. The highest BCUT2D eigenvalue weighted by Gasteiger charge is 2.15. The molecule has 4 rings (SSSR count). The Balaban J connectivity index is 1.46. The largest absolute Gasteiger partial charge is 0.346 e. The van der Waals surface area contributed by atoms with Gasteiger partial charge in [0, 0.05) is 11.3 Å². The third-order valence-electron chi connectivity index (χ3n) is 4.88. The van der Waals surface area contributed by atoms with E-state index < -0.39 is 0 Å². The third kappa shape index (κ3) is 4.37. The number of nitriles is 1. The summed E-state index contributed by atoms with van der Waals surface area (Å²) in [4.78, 5) is 20.8. The first-order chi connectivity index (χ1) is 14.6. The van der Waals surface area contributed by atoms with Gasteiger partial charge in [0.05, 0.1) is 28.7 Å². The van der Waals surface area contributed by atoms with E-state index in [-0.39, 0.29) is 11.9 Å². The smallest absolute Gasteiger partial charge is 0.252 e.